The molecule has 1 aliphatic heterocycles. The van der Waals surface area contributed by atoms with Gasteiger partial charge in [-0.2, -0.15) is 0 Å². The van der Waals surface area contributed by atoms with Gasteiger partial charge in [-0.3, -0.25) is 0 Å². The molecule has 0 aromatic heterocycles. The van der Waals surface area contributed by atoms with Gasteiger partial charge in [0, 0.05) is 19.6 Å². The highest BCUT2D eigenvalue weighted by atomic mass is 16.4. The van der Waals surface area contributed by atoms with Gasteiger partial charge < -0.3 is 14.9 Å². The molecular formula is C12H22N2O3. The van der Waals surface area contributed by atoms with E-state index in [9.17, 15) is 14.7 Å². The van der Waals surface area contributed by atoms with Crippen LogP contribution in [0.3, 0.4) is 0 Å². The molecule has 0 spiro atoms. The van der Waals surface area contributed by atoms with E-state index in [1.165, 1.54) is 4.90 Å². The van der Waals surface area contributed by atoms with Crippen LogP contribution in [0.25, 0.3) is 0 Å². The molecule has 0 aromatic rings. The fraction of sp³-hybridized carbons (Fsp3) is 0.833. The molecular weight excluding hydrogens is 220 g/mol. The predicted molar refractivity (Wildman–Crippen MR) is 64.9 cm³/mol. The van der Waals surface area contributed by atoms with Crippen LogP contribution in [-0.4, -0.2) is 52.1 Å². The second-order valence-electron chi connectivity index (χ2n) is 5.17. The maximum Gasteiger partial charge on any atom is 0.329 e. The number of aliphatic carboxylic acids is 1. The molecule has 1 heterocycles. The Kier molecular flexibility index (Phi) is 4.01. The summed E-state index contributed by atoms with van der Waals surface area (Å²) in [6.45, 7) is 6.00. The van der Waals surface area contributed by atoms with Gasteiger partial charge in [-0.05, 0) is 40.0 Å². The molecule has 0 saturated carbocycles. The third-order valence-electron chi connectivity index (χ3n) is 3.66. The number of likely N-dealkylation sites (tertiary alicyclic amines) is 1. The molecule has 98 valence electrons. The zero-order valence-electron chi connectivity index (χ0n) is 11.1. The minimum atomic E-state index is -1.06. The van der Waals surface area contributed by atoms with Gasteiger partial charge in [0.25, 0.3) is 0 Å². The molecule has 1 aliphatic rings. The van der Waals surface area contributed by atoms with E-state index < -0.39 is 11.5 Å². The quantitative estimate of drug-likeness (QED) is 0.802. The maximum atomic E-state index is 12.2. The second-order valence-corrected chi connectivity index (χ2v) is 5.17. The molecule has 5 nitrogen and oxygen atoms in total. The highest BCUT2D eigenvalue weighted by Crippen LogP contribution is 2.29. The van der Waals surface area contributed by atoms with Gasteiger partial charge in [0.15, 0.2) is 0 Å². The summed E-state index contributed by atoms with van der Waals surface area (Å²) in [5.41, 5.74) is -1.06. The molecule has 0 radical (unpaired) electrons. The molecule has 17 heavy (non-hydrogen) atoms. The molecule has 2 amide bonds. The van der Waals surface area contributed by atoms with Gasteiger partial charge in [-0.15, -0.1) is 0 Å². The van der Waals surface area contributed by atoms with Gasteiger partial charge >= 0.3 is 12.0 Å². The van der Waals surface area contributed by atoms with Crippen LogP contribution in [0.1, 0.15) is 40.0 Å². The van der Waals surface area contributed by atoms with Crippen LogP contribution in [0.5, 0.6) is 0 Å². The van der Waals surface area contributed by atoms with Crippen LogP contribution < -0.4 is 0 Å². The summed E-state index contributed by atoms with van der Waals surface area (Å²) in [7, 11) is 1.71. The lowest BCUT2D eigenvalue weighted by molar-refractivity contribution is -0.150. The smallest absolute Gasteiger partial charge is 0.329 e. The minimum absolute atomic E-state index is 0.0717. The summed E-state index contributed by atoms with van der Waals surface area (Å²) in [6, 6.07) is -0.118. The number of carbonyl (C=O) groups is 2. The normalized spacial score (nSPS) is 24.9. The second kappa shape index (κ2) is 4.94. The predicted octanol–water partition coefficient (Wildman–Crippen LogP) is 1.78. The highest BCUT2D eigenvalue weighted by Gasteiger charge is 2.44. The molecule has 1 rings (SSSR count). The van der Waals surface area contributed by atoms with E-state index >= 15 is 0 Å². The van der Waals surface area contributed by atoms with Crippen molar-refractivity contribution in [2.45, 2.75) is 51.6 Å². The third kappa shape index (κ3) is 2.53. The average Bonchev–Trinajstić information content (AvgIpc) is 2.27. The van der Waals surface area contributed by atoms with Crippen LogP contribution in [0.15, 0.2) is 0 Å². The van der Waals surface area contributed by atoms with Crippen molar-refractivity contribution in [2.24, 2.45) is 0 Å². The molecule has 1 unspecified atom stereocenters. The average molecular weight is 242 g/mol. The van der Waals surface area contributed by atoms with Crippen LogP contribution in [0, 0.1) is 0 Å². The number of carbonyl (C=O) groups excluding carboxylic acids is 1. The Balaban J connectivity index is 2.93. The molecule has 1 N–H and O–H groups in total. The number of hydrogen-bond acceptors (Lipinski definition) is 2. The third-order valence-corrected chi connectivity index (χ3v) is 3.66. The van der Waals surface area contributed by atoms with Crippen LogP contribution in [-0.2, 0) is 4.79 Å². The Morgan fingerprint density at radius 2 is 1.94 bits per heavy atom. The number of carboxylic acids is 1. The fourth-order valence-corrected chi connectivity index (χ4v) is 2.06. The summed E-state index contributed by atoms with van der Waals surface area (Å²) in [5, 5.41) is 9.32. The first-order valence-corrected chi connectivity index (χ1v) is 6.08. The summed E-state index contributed by atoms with van der Waals surface area (Å²) >= 11 is 0. The lowest BCUT2D eigenvalue weighted by Crippen LogP contribution is -2.60. The van der Waals surface area contributed by atoms with Crippen molar-refractivity contribution in [3.8, 4) is 0 Å². The van der Waals surface area contributed by atoms with Crippen molar-refractivity contribution >= 4 is 12.0 Å². The first-order chi connectivity index (χ1) is 7.80. The molecule has 0 aliphatic carbocycles. The molecule has 0 bridgehead atoms. The van der Waals surface area contributed by atoms with E-state index in [1.54, 1.807) is 18.9 Å². The zero-order chi connectivity index (χ0) is 13.2. The summed E-state index contributed by atoms with van der Waals surface area (Å²) in [5.74, 6) is -0.914. The van der Waals surface area contributed by atoms with Crippen molar-refractivity contribution in [2.75, 3.05) is 13.6 Å². The van der Waals surface area contributed by atoms with Gasteiger partial charge in [-0.1, -0.05) is 0 Å². The fourth-order valence-electron chi connectivity index (χ4n) is 2.06. The largest absolute Gasteiger partial charge is 0.480 e. The summed E-state index contributed by atoms with van der Waals surface area (Å²) in [4.78, 5) is 26.7. The number of urea groups is 1. The van der Waals surface area contributed by atoms with Crippen molar-refractivity contribution in [1.82, 2.24) is 9.80 Å². The number of amides is 2. The van der Waals surface area contributed by atoms with E-state index in [4.69, 9.17) is 0 Å². The first-order valence-electron chi connectivity index (χ1n) is 6.08. The Hall–Kier alpha value is -1.26. The van der Waals surface area contributed by atoms with E-state index in [2.05, 4.69) is 0 Å². The maximum absolute atomic E-state index is 12.2. The Bertz CT molecular complexity index is 317. The number of piperidine rings is 1. The van der Waals surface area contributed by atoms with Gasteiger partial charge in [-0.25, -0.2) is 9.59 Å². The number of carboxylic acid groups (broad SMARTS) is 1. The minimum Gasteiger partial charge on any atom is -0.480 e. The van der Waals surface area contributed by atoms with E-state index in [0.29, 0.717) is 13.0 Å². The number of nitrogens with zero attached hydrogens (tertiary/aromatic N) is 2. The molecule has 0 aromatic carbocycles. The van der Waals surface area contributed by atoms with Crippen molar-refractivity contribution < 1.29 is 14.7 Å². The van der Waals surface area contributed by atoms with Crippen molar-refractivity contribution in [3.63, 3.8) is 0 Å². The number of rotatable bonds is 2. The van der Waals surface area contributed by atoms with Gasteiger partial charge in [0.05, 0.1) is 0 Å². The summed E-state index contributed by atoms with van der Waals surface area (Å²) < 4.78 is 0. The zero-order valence-corrected chi connectivity index (χ0v) is 11.1. The molecule has 1 atom stereocenters. The van der Waals surface area contributed by atoms with E-state index in [0.717, 1.165) is 12.8 Å². The summed E-state index contributed by atoms with van der Waals surface area (Å²) in [6.07, 6.45) is 2.26. The Morgan fingerprint density at radius 1 is 1.35 bits per heavy atom. The molecule has 1 saturated heterocycles. The van der Waals surface area contributed by atoms with Crippen molar-refractivity contribution in [3.05, 3.63) is 0 Å². The Labute approximate surface area is 102 Å². The van der Waals surface area contributed by atoms with Gasteiger partial charge in [0.2, 0.25) is 0 Å². The van der Waals surface area contributed by atoms with E-state index in [1.807, 2.05) is 13.8 Å². The topological polar surface area (TPSA) is 60.9 Å². The van der Waals surface area contributed by atoms with Gasteiger partial charge in [0.1, 0.15) is 5.54 Å². The lowest BCUT2D eigenvalue weighted by Gasteiger charge is -2.43. The standard InChI is InChI=1S/C12H22N2O3/c1-9(2)13(4)11(17)14-8-6-5-7-12(14,3)10(15)16/h9H,5-8H2,1-4H3,(H,15,16). The lowest BCUT2D eigenvalue weighted by atomic mass is 9.89. The van der Waals surface area contributed by atoms with Crippen molar-refractivity contribution in [1.29, 1.82) is 0 Å². The van der Waals surface area contributed by atoms with Crippen LogP contribution >= 0.6 is 0 Å². The SMILES string of the molecule is CC(C)N(C)C(=O)N1CCCCC1(C)C(=O)O. The first kappa shape index (κ1) is 13.8. The van der Waals surface area contributed by atoms with E-state index in [-0.39, 0.29) is 12.1 Å². The number of hydrogen-bond donors (Lipinski definition) is 1. The molecule has 1 fully saturated rings. The van der Waals surface area contributed by atoms with Crippen LogP contribution in [0.4, 0.5) is 4.79 Å². The Morgan fingerprint density at radius 3 is 2.41 bits per heavy atom. The monoisotopic (exact) mass is 242 g/mol. The molecule has 5 heteroatoms. The highest BCUT2D eigenvalue weighted by molar-refractivity contribution is 5.86. The van der Waals surface area contributed by atoms with Crippen LogP contribution in [0.2, 0.25) is 0 Å².